The molecule has 1 heterocycles. The van der Waals surface area contributed by atoms with Crippen LogP contribution < -0.4 is 0 Å². The summed E-state index contributed by atoms with van der Waals surface area (Å²) in [6.45, 7) is 0.851. The molecule has 1 aliphatic carbocycles. The summed E-state index contributed by atoms with van der Waals surface area (Å²) in [5.41, 5.74) is 0.825. The minimum Gasteiger partial charge on any atom is -0.481 e. The summed E-state index contributed by atoms with van der Waals surface area (Å²) >= 11 is 0. The Bertz CT molecular complexity index is 785. The summed E-state index contributed by atoms with van der Waals surface area (Å²) in [5, 5.41) is 9.11. The van der Waals surface area contributed by atoms with Crippen LogP contribution in [0.2, 0.25) is 0 Å². The molecule has 2 aliphatic rings. The number of benzene rings is 1. The molecule has 3 nitrogen and oxygen atoms in total. The van der Waals surface area contributed by atoms with Gasteiger partial charge in [0.2, 0.25) is 6.43 Å². The monoisotopic (exact) mass is 415 g/mol. The number of carboxylic acid groups (broad SMARTS) is 1. The Balaban J connectivity index is 1.75. The lowest BCUT2D eigenvalue weighted by Crippen LogP contribution is -2.31. The zero-order valence-corrected chi connectivity index (χ0v) is 15.6. The Hall–Kier alpha value is -2.22. The van der Waals surface area contributed by atoms with E-state index in [-0.39, 0.29) is 24.8 Å². The highest BCUT2D eigenvalue weighted by Gasteiger charge is 2.36. The van der Waals surface area contributed by atoms with Crippen LogP contribution in [0.4, 0.5) is 22.0 Å². The zero-order chi connectivity index (χ0) is 21.2. The van der Waals surface area contributed by atoms with E-state index in [9.17, 15) is 26.7 Å². The van der Waals surface area contributed by atoms with Gasteiger partial charge in [-0.05, 0) is 42.0 Å². The van der Waals surface area contributed by atoms with Gasteiger partial charge in [0.25, 0.3) is 0 Å². The van der Waals surface area contributed by atoms with Gasteiger partial charge in [-0.3, -0.25) is 9.69 Å². The van der Waals surface area contributed by atoms with Crippen LogP contribution in [0.5, 0.6) is 0 Å². The molecule has 1 saturated heterocycles. The molecule has 1 aromatic rings. The molecule has 3 atom stereocenters. The van der Waals surface area contributed by atoms with E-state index in [0.717, 1.165) is 17.7 Å². The van der Waals surface area contributed by atoms with Crippen molar-refractivity contribution in [3.63, 3.8) is 0 Å². The number of halogens is 5. The second-order valence-corrected chi connectivity index (χ2v) is 7.64. The molecule has 0 bridgehead atoms. The lowest BCUT2D eigenvalue weighted by molar-refractivity contribution is -0.138. The lowest BCUT2D eigenvalue weighted by atomic mass is 9.90. The minimum absolute atomic E-state index is 0.00331. The summed E-state index contributed by atoms with van der Waals surface area (Å²) in [6, 6.07) is 4.76. The van der Waals surface area contributed by atoms with Gasteiger partial charge in [0, 0.05) is 31.5 Å². The summed E-state index contributed by atoms with van der Waals surface area (Å²) in [5.74, 6) is -1.83. The summed E-state index contributed by atoms with van der Waals surface area (Å²) in [4.78, 5) is 13.1. The molecule has 0 spiro atoms. The van der Waals surface area contributed by atoms with Crippen molar-refractivity contribution < 1.29 is 31.9 Å². The highest BCUT2D eigenvalue weighted by atomic mass is 19.4. The van der Waals surface area contributed by atoms with E-state index in [2.05, 4.69) is 0 Å². The predicted octanol–water partition coefficient (Wildman–Crippen LogP) is 5.14. The number of carboxylic acids is 1. The van der Waals surface area contributed by atoms with E-state index < -0.39 is 30.1 Å². The van der Waals surface area contributed by atoms with Gasteiger partial charge < -0.3 is 5.11 Å². The largest absolute Gasteiger partial charge is 0.481 e. The van der Waals surface area contributed by atoms with Gasteiger partial charge in [0.15, 0.2) is 0 Å². The number of allylic oxidation sites excluding steroid dienone is 2. The van der Waals surface area contributed by atoms with Crippen LogP contribution in [-0.4, -0.2) is 35.0 Å². The molecule has 8 heteroatoms. The number of alkyl halides is 5. The molecule has 1 aromatic carbocycles. The van der Waals surface area contributed by atoms with E-state index >= 15 is 0 Å². The zero-order valence-electron chi connectivity index (χ0n) is 15.6. The van der Waals surface area contributed by atoms with Crippen LogP contribution in [0.15, 0.2) is 48.1 Å². The first kappa shape index (κ1) is 21.5. The molecule has 1 aliphatic heterocycles. The minimum atomic E-state index is -4.40. The van der Waals surface area contributed by atoms with Crippen LogP contribution >= 0.6 is 0 Å². The van der Waals surface area contributed by atoms with Gasteiger partial charge in [-0.15, -0.1) is 0 Å². The lowest BCUT2D eigenvalue weighted by Gasteiger charge is -2.28. The first-order valence-electron chi connectivity index (χ1n) is 9.42. The normalized spacial score (nSPS) is 25.4. The van der Waals surface area contributed by atoms with Crippen molar-refractivity contribution in [2.75, 3.05) is 6.54 Å². The van der Waals surface area contributed by atoms with E-state index in [4.69, 9.17) is 5.11 Å². The Morgan fingerprint density at radius 2 is 1.90 bits per heavy atom. The maximum atomic E-state index is 12.9. The summed E-state index contributed by atoms with van der Waals surface area (Å²) in [6.07, 6.45) is -1.12. The fraction of sp³-hybridized carbons (Fsp3) is 0.476. The van der Waals surface area contributed by atoms with Crippen molar-refractivity contribution in [2.24, 2.45) is 11.8 Å². The highest BCUT2D eigenvalue weighted by molar-refractivity contribution is 5.67. The van der Waals surface area contributed by atoms with Crippen molar-refractivity contribution in [1.82, 2.24) is 4.90 Å². The van der Waals surface area contributed by atoms with E-state index in [1.807, 2.05) is 4.90 Å². The van der Waals surface area contributed by atoms with Gasteiger partial charge in [-0.25, -0.2) is 8.78 Å². The number of carbonyl (C=O) groups is 1. The molecule has 0 saturated carbocycles. The molecule has 0 aromatic heterocycles. The fourth-order valence-electron chi connectivity index (χ4n) is 4.04. The second-order valence-electron chi connectivity index (χ2n) is 7.64. The predicted molar refractivity (Wildman–Crippen MR) is 97.3 cm³/mol. The van der Waals surface area contributed by atoms with E-state index in [1.165, 1.54) is 18.2 Å². The number of hydrogen-bond donors (Lipinski definition) is 1. The number of likely N-dealkylation sites (tertiary alicyclic amines) is 1. The summed E-state index contributed by atoms with van der Waals surface area (Å²) in [7, 11) is 0. The third-order valence-electron chi connectivity index (χ3n) is 5.49. The van der Waals surface area contributed by atoms with Crippen molar-refractivity contribution in [3.8, 4) is 0 Å². The Labute approximate surface area is 165 Å². The quantitative estimate of drug-likeness (QED) is 0.655. The Kier molecular flexibility index (Phi) is 6.41. The van der Waals surface area contributed by atoms with Crippen molar-refractivity contribution in [1.29, 1.82) is 0 Å². The molecule has 1 N–H and O–H groups in total. The molecule has 0 amide bonds. The molecular formula is C21H22F5NO2. The first-order valence-corrected chi connectivity index (χ1v) is 9.42. The average molecular weight is 415 g/mol. The topological polar surface area (TPSA) is 40.5 Å². The standard InChI is InChI=1S/C21H22F5NO2/c22-20(23)16-5-3-15(4-6-16)18-9-14(10-19(28)29)12-27(18)11-13-1-7-17(8-2-13)21(24,25)26/h1-5,7-8,14,16,18,20H,6,9-12H2,(H,28,29)/t14-,16?,18+/m0/s1. The SMILES string of the molecule is O=C(O)C[C@@H]1C[C@H](C2=CCC(C(F)F)C=C2)N(Cc2ccc(C(F)(F)F)cc2)C1. The van der Waals surface area contributed by atoms with Crippen molar-refractivity contribution in [3.05, 3.63) is 59.2 Å². The van der Waals surface area contributed by atoms with E-state index in [0.29, 0.717) is 25.1 Å². The molecule has 1 unspecified atom stereocenters. The number of hydrogen-bond acceptors (Lipinski definition) is 2. The maximum Gasteiger partial charge on any atom is 0.416 e. The molecule has 0 radical (unpaired) electrons. The molecule has 29 heavy (non-hydrogen) atoms. The third-order valence-corrected chi connectivity index (χ3v) is 5.49. The van der Waals surface area contributed by atoms with Crippen LogP contribution in [0.3, 0.4) is 0 Å². The highest BCUT2D eigenvalue weighted by Crippen LogP contribution is 2.35. The number of nitrogens with zero attached hydrogens (tertiary/aromatic N) is 1. The van der Waals surface area contributed by atoms with Crippen LogP contribution in [0.1, 0.15) is 30.4 Å². The maximum absolute atomic E-state index is 12.9. The average Bonchev–Trinajstić information content (AvgIpc) is 3.03. The van der Waals surface area contributed by atoms with Gasteiger partial charge in [0.05, 0.1) is 5.56 Å². The van der Waals surface area contributed by atoms with Crippen molar-refractivity contribution in [2.45, 2.75) is 44.5 Å². The van der Waals surface area contributed by atoms with Crippen molar-refractivity contribution >= 4 is 5.97 Å². The Morgan fingerprint density at radius 3 is 2.41 bits per heavy atom. The van der Waals surface area contributed by atoms with Gasteiger partial charge >= 0.3 is 12.1 Å². The molecule has 158 valence electrons. The fourth-order valence-corrected chi connectivity index (χ4v) is 4.04. The van der Waals surface area contributed by atoms with Gasteiger partial charge in [0.1, 0.15) is 0 Å². The Morgan fingerprint density at radius 1 is 1.21 bits per heavy atom. The van der Waals surface area contributed by atoms with Crippen LogP contribution in [-0.2, 0) is 17.5 Å². The van der Waals surface area contributed by atoms with E-state index in [1.54, 1.807) is 12.2 Å². The second kappa shape index (κ2) is 8.65. The van der Waals surface area contributed by atoms with Gasteiger partial charge in [-0.2, -0.15) is 13.2 Å². The number of rotatable bonds is 6. The molecular weight excluding hydrogens is 393 g/mol. The summed E-state index contributed by atoms with van der Waals surface area (Å²) < 4.78 is 64.0. The van der Waals surface area contributed by atoms with Gasteiger partial charge in [-0.1, -0.05) is 30.4 Å². The number of aliphatic carboxylic acids is 1. The molecule has 1 fully saturated rings. The smallest absolute Gasteiger partial charge is 0.416 e. The molecule has 3 rings (SSSR count). The first-order chi connectivity index (χ1) is 13.6. The van der Waals surface area contributed by atoms with Crippen LogP contribution in [0, 0.1) is 11.8 Å². The third kappa shape index (κ3) is 5.44. The van der Waals surface area contributed by atoms with Crippen LogP contribution in [0.25, 0.3) is 0 Å².